The van der Waals surface area contributed by atoms with E-state index in [4.69, 9.17) is 14.2 Å². The minimum atomic E-state index is -0.401. The first-order valence-corrected chi connectivity index (χ1v) is 11.1. The van der Waals surface area contributed by atoms with Gasteiger partial charge in [0.2, 0.25) is 6.79 Å². The molecule has 6 rings (SSSR count). The summed E-state index contributed by atoms with van der Waals surface area (Å²) in [6.45, 7) is 1.42. The molecule has 0 spiro atoms. The van der Waals surface area contributed by atoms with E-state index in [1.807, 2.05) is 6.07 Å². The van der Waals surface area contributed by atoms with Crippen LogP contribution in [0.1, 0.15) is 29.9 Å². The van der Waals surface area contributed by atoms with Crippen LogP contribution in [0.4, 0.5) is 0 Å². The lowest BCUT2D eigenvalue weighted by atomic mass is 9.73. The van der Waals surface area contributed by atoms with Crippen LogP contribution in [0.25, 0.3) is 10.9 Å². The van der Waals surface area contributed by atoms with E-state index in [0.29, 0.717) is 47.2 Å². The van der Waals surface area contributed by atoms with Gasteiger partial charge in [-0.25, -0.2) is 4.79 Å². The standard InChI is InChI=1S/C24H25N3O5/c1-30-19-4-2-3-15-14(19)6-5-13-11-25-17(22(13)15)7-8-27-23(28)16-9-20-21(32-12-31-20)10-18(16)26-24(27)29/h2-4,9-10,13,17,22,25H,5-8,11-12H2,1H3,(H,26,29)/t13-,17?,22+/m0/s1. The van der Waals surface area contributed by atoms with Gasteiger partial charge >= 0.3 is 5.69 Å². The first-order chi connectivity index (χ1) is 15.6. The lowest BCUT2D eigenvalue weighted by Gasteiger charge is -2.32. The van der Waals surface area contributed by atoms with Crippen molar-refractivity contribution in [3.05, 3.63) is 62.3 Å². The summed E-state index contributed by atoms with van der Waals surface area (Å²) in [5.41, 5.74) is 2.39. The fourth-order valence-electron chi connectivity index (χ4n) is 5.72. The van der Waals surface area contributed by atoms with Crippen molar-refractivity contribution in [3.63, 3.8) is 0 Å². The number of benzene rings is 2. The number of nitrogens with one attached hydrogen (secondary N) is 2. The van der Waals surface area contributed by atoms with Crippen molar-refractivity contribution in [2.75, 3.05) is 20.4 Å². The number of hydrogen-bond acceptors (Lipinski definition) is 6. The van der Waals surface area contributed by atoms with Crippen LogP contribution >= 0.6 is 0 Å². The van der Waals surface area contributed by atoms with E-state index in [0.717, 1.165) is 25.1 Å². The minimum absolute atomic E-state index is 0.117. The first-order valence-electron chi connectivity index (χ1n) is 11.1. The number of nitrogens with zero attached hydrogens (tertiary/aromatic N) is 1. The second-order valence-corrected chi connectivity index (χ2v) is 8.79. The highest BCUT2D eigenvalue weighted by molar-refractivity contribution is 5.81. The summed E-state index contributed by atoms with van der Waals surface area (Å²) >= 11 is 0. The molecule has 3 heterocycles. The average Bonchev–Trinajstić information content (AvgIpc) is 3.44. The van der Waals surface area contributed by atoms with Gasteiger partial charge in [-0.05, 0) is 55.0 Å². The van der Waals surface area contributed by atoms with E-state index >= 15 is 0 Å². The maximum absolute atomic E-state index is 13.1. The van der Waals surface area contributed by atoms with Crippen LogP contribution in [0.3, 0.4) is 0 Å². The van der Waals surface area contributed by atoms with Crippen molar-refractivity contribution in [3.8, 4) is 17.2 Å². The van der Waals surface area contributed by atoms with Crippen molar-refractivity contribution >= 4 is 10.9 Å². The minimum Gasteiger partial charge on any atom is -0.496 e. The highest BCUT2D eigenvalue weighted by Crippen LogP contribution is 2.45. The van der Waals surface area contributed by atoms with Gasteiger partial charge in [-0.3, -0.25) is 9.36 Å². The smallest absolute Gasteiger partial charge is 0.328 e. The summed E-state index contributed by atoms with van der Waals surface area (Å²) in [4.78, 5) is 28.7. The predicted octanol–water partition coefficient (Wildman–Crippen LogP) is 2.14. The van der Waals surface area contributed by atoms with Crippen molar-refractivity contribution in [1.82, 2.24) is 14.9 Å². The molecular weight excluding hydrogens is 410 g/mol. The van der Waals surface area contributed by atoms with Gasteiger partial charge in [0.05, 0.1) is 18.0 Å². The Balaban J connectivity index is 1.31. The maximum Gasteiger partial charge on any atom is 0.328 e. The van der Waals surface area contributed by atoms with Gasteiger partial charge < -0.3 is 24.5 Å². The second-order valence-electron chi connectivity index (χ2n) is 8.79. The van der Waals surface area contributed by atoms with Gasteiger partial charge in [0.15, 0.2) is 11.5 Å². The molecular formula is C24H25N3O5. The van der Waals surface area contributed by atoms with E-state index in [9.17, 15) is 9.59 Å². The molecule has 1 unspecified atom stereocenters. The molecule has 1 aromatic heterocycles. The van der Waals surface area contributed by atoms with Crippen molar-refractivity contribution in [2.45, 2.75) is 37.8 Å². The third-order valence-corrected chi connectivity index (χ3v) is 7.24. The van der Waals surface area contributed by atoms with E-state index < -0.39 is 5.69 Å². The molecule has 8 nitrogen and oxygen atoms in total. The number of methoxy groups -OCH3 is 1. The first kappa shape index (κ1) is 19.4. The van der Waals surface area contributed by atoms with Crippen LogP contribution in [0.15, 0.2) is 39.9 Å². The number of ether oxygens (including phenoxy) is 3. The Bertz CT molecular complexity index is 1330. The molecule has 3 aliphatic rings. The molecule has 0 saturated carbocycles. The van der Waals surface area contributed by atoms with Crippen LogP contribution in [-0.4, -0.2) is 36.0 Å². The number of hydrogen-bond donors (Lipinski definition) is 2. The zero-order chi connectivity index (χ0) is 21.8. The van der Waals surface area contributed by atoms with E-state index in [1.165, 1.54) is 15.7 Å². The molecule has 32 heavy (non-hydrogen) atoms. The molecule has 1 saturated heterocycles. The Hall–Kier alpha value is -3.26. The number of aromatic amines is 1. The molecule has 166 valence electrons. The summed E-state index contributed by atoms with van der Waals surface area (Å²) in [5, 5.41) is 4.08. The highest BCUT2D eigenvalue weighted by atomic mass is 16.7. The molecule has 0 bridgehead atoms. The zero-order valence-corrected chi connectivity index (χ0v) is 17.8. The summed E-state index contributed by atoms with van der Waals surface area (Å²) in [5.74, 6) is 2.94. The molecule has 2 aromatic carbocycles. The number of fused-ring (bicyclic) bond motifs is 5. The SMILES string of the molecule is COc1cccc2c1CC[C@H]1CNC(CCn3c(=O)[nH]c4cc5c(cc4c3=O)OCO5)[C@@H]21. The van der Waals surface area contributed by atoms with Gasteiger partial charge in [-0.1, -0.05) is 12.1 Å². The Kier molecular flexibility index (Phi) is 4.50. The Morgan fingerprint density at radius 1 is 1.19 bits per heavy atom. The topological polar surface area (TPSA) is 94.6 Å². The fraction of sp³-hybridized carbons (Fsp3) is 0.417. The van der Waals surface area contributed by atoms with Crippen molar-refractivity contribution in [1.29, 1.82) is 0 Å². The largest absolute Gasteiger partial charge is 0.496 e. The third-order valence-electron chi connectivity index (χ3n) is 7.24. The van der Waals surface area contributed by atoms with Gasteiger partial charge in [-0.15, -0.1) is 0 Å². The molecule has 1 aliphatic carbocycles. The quantitative estimate of drug-likeness (QED) is 0.652. The predicted molar refractivity (Wildman–Crippen MR) is 119 cm³/mol. The molecule has 8 heteroatoms. The van der Waals surface area contributed by atoms with E-state index in [-0.39, 0.29) is 18.4 Å². The molecule has 3 aromatic rings. The summed E-state index contributed by atoms with van der Waals surface area (Å²) in [6.07, 6.45) is 2.83. The van der Waals surface area contributed by atoms with Gasteiger partial charge in [-0.2, -0.15) is 0 Å². The Labute approximate surface area is 184 Å². The molecule has 0 radical (unpaired) electrons. The van der Waals surface area contributed by atoms with E-state index in [1.54, 1.807) is 19.2 Å². The van der Waals surface area contributed by atoms with Crippen molar-refractivity contribution < 1.29 is 14.2 Å². The Morgan fingerprint density at radius 3 is 2.88 bits per heavy atom. The average molecular weight is 435 g/mol. The van der Waals surface area contributed by atoms with Gasteiger partial charge in [0.25, 0.3) is 5.56 Å². The van der Waals surface area contributed by atoms with Crippen LogP contribution in [0, 0.1) is 5.92 Å². The number of H-pyrrole nitrogens is 1. The molecule has 0 amide bonds. The van der Waals surface area contributed by atoms with Gasteiger partial charge in [0, 0.05) is 24.6 Å². The monoisotopic (exact) mass is 435 g/mol. The van der Waals surface area contributed by atoms with E-state index in [2.05, 4.69) is 22.4 Å². The zero-order valence-electron chi connectivity index (χ0n) is 17.8. The molecule has 2 aliphatic heterocycles. The summed E-state index contributed by atoms with van der Waals surface area (Å²) in [6, 6.07) is 9.78. The van der Waals surface area contributed by atoms with Crippen LogP contribution in [-0.2, 0) is 13.0 Å². The molecule has 1 fully saturated rings. The van der Waals surface area contributed by atoms with Crippen molar-refractivity contribution in [2.24, 2.45) is 5.92 Å². The Morgan fingerprint density at radius 2 is 2.03 bits per heavy atom. The van der Waals surface area contributed by atoms with Gasteiger partial charge in [0.1, 0.15) is 5.75 Å². The number of rotatable bonds is 4. The number of aromatic nitrogens is 2. The van der Waals surface area contributed by atoms with Crippen LogP contribution < -0.4 is 30.8 Å². The second kappa shape index (κ2) is 7.41. The lowest BCUT2D eigenvalue weighted by Crippen LogP contribution is -2.38. The summed E-state index contributed by atoms with van der Waals surface area (Å²) < 4.78 is 17.7. The molecule has 2 N–H and O–H groups in total. The lowest BCUT2D eigenvalue weighted by molar-refractivity contribution is 0.174. The van der Waals surface area contributed by atoms with Crippen LogP contribution in [0.2, 0.25) is 0 Å². The van der Waals surface area contributed by atoms with Crippen LogP contribution in [0.5, 0.6) is 17.2 Å². The fourth-order valence-corrected chi connectivity index (χ4v) is 5.72. The summed E-state index contributed by atoms with van der Waals surface area (Å²) in [7, 11) is 1.72. The normalized spacial score (nSPS) is 23.2. The maximum atomic E-state index is 13.1. The highest BCUT2D eigenvalue weighted by Gasteiger charge is 2.40. The molecule has 3 atom stereocenters. The third kappa shape index (κ3) is 2.93.